The van der Waals surface area contributed by atoms with Crippen molar-refractivity contribution in [2.45, 2.75) is 12.0 Å². The molecule has 9 aromatic rings. The first-order chi connectivity index (χ1) is 25.3. The van der Waals surface area contributed by atoms with Gasteiger partial charge in [-0.25, -0.2) is 15.0 Å². The first kappa shape index (κ1) is 28.5. The van der Waals surface area contributed by atoms with Gasteiger partial charge in [-0.15, -0.1) is 11.3 Å². The van der Waals surface area contributed by atoms with Gasteiger partial charge >= 0.3 is 0 Å². The topological polar surface area (TPSA) is 55.1 Å². The lowest BCUT2D eigenvalue weighted by Gasteiger charge is -2.30. The van der Waals surface area contributed by atoms with Gasteiger partial charge in [0.25, 0.3) is 0 Å². The average Bonchev–Trinajstić information content (AvgIpc) is 3.87. The zero-order chi connectivity index (χ0) is 33.5. The van der Waals surface area contributed by atoms with Crippen LogP contribution in [0.2, 0.25) is 0 Å². The molecule has 0 amide bonds. The quantitative estimate of drug-likeness (QED) is 0.186. The fraction of sp³-hybridized carbons (Fsp3) is 0.0444. The summed E-state index contributed by atoms with van der Waals surface area (Å²) in [5, 5.41) is 3.50. The van der Waals surface area contributed by atoms with Crippen LogP contribution >= 0.6 is 11.3 Å². The highest BCUT2D eigenvalue weighted by atomic mass is 32.1. The Balaban J connectivity index is 1.07. The van der Waals surface area contributed by atoms with Gasteiger partial charge in [-0.05, 0) is 48.0 Å². The van der Waals surface area contributed by atoms with Gasteiger partial charge in [-0.2, -0.15) is 0 Å². The number of fused-ring (bicyclic) bond motifs is 10. The van der Waals surface area contributed by atoms with Gasteiger partial charge in [0, 0.05) is 65.1 Å². The minimum atomic E-state index is 0.142. The second kappa shape index (κ2) is 11.1. The van der Waals surface area contributed by atoms with Crippen LogP contribution in [0.4, 0.5) is 11.4 Å². The van der Waals surface area contributed by atoms with Crippen LogP contribution in [0.1, 0.15) is 22.8 Å². The molecule has 2 aliphatic rings. The molecular formula is C45H28N4OS. The van der Waals surface area contributed by atoms with Crippen molar-refractivity contribution in [3.05, 3.63) is 169 Å². The van der Waals surface area contributed by atoms with Gasteiger partial charge < -0.3 is 9.32 Å². The molecule has 51 heavy (non-hydrogen) atoms. The van der Waals surface area contributed by atoms with E-state index in [-0.39, 0.29) is 12.0 Å². The Labute approximate surface area is 297 Å². The predicted molar refractivity (Wildman–Crippen MR) is 208 cm³/mol. The molecule has 5 nitrogen and oxygen atoms in total. The maximum atomic E-state index is 6.67. The molecule has 0 saturated carbocycles. The molecule has 6 aromatic carbocycles. The van der Waals surface area contributed by atoms with Crippen molar-refractivity contribution < 1.29 is 4.42 Å². The number of anilines is 2. The van der Waals surface area contributed by atoms with E-state index in [2.05, 4.69) is 132 Å². The first-order valence-corrected chi connectivity index (χ1v) is 18.0. The molecule has 1 aliphatic heterocycles. The van der Waals surface area contributed by atoms with Crippen LogP contribution in [0.25, 0.3) is 71.4 Å². The van der Waals surface area contributed by atoms with E-state index in [9.17, 15) is 0 Å². The summed E-state index contributed by atoms with van der Waals surface area (Å²) in [4.78, 5) is 17.8. The Hall–Kier alpha value is -6.37. The molecule has 1 aliphatic carbocycles. The lowest BCUT2D eigenvalue weighted by molar-refractivity contribution is 0.584. The molecule has 6 heteroatoms. The van der Waals surface area contributed by atoms with Crippen molar-refractivity contribution in [3.8, 4) is 34.2 Å². The van der Waals surface area contributed by atoms with E-state index in [1.807, 2.05) is 30.3 Å². The first-order valence-electron chi connectivity index (χ1n) is 17.2. The molecule has 0 bridgehead atoms. The summed E-state index contributed by atoms with van der Waals surface area (Å²) >= 11 is 1.80. The van der Waals surface area contributed by atoms with E-state index >= 15 is 0 Å². The van der Waals surface area contributed by atoms with Crippen molar-refractivity contribution in [2.75, 3.05) is 4.90 Å². The zero-order valence-electron chi connectivity index (χ0n) is 27.3. The summed E-state index contributed by atoms with van der Waals surface area (Å²) < 4.78 is 9.13. The summed E-state index contributed by atoms with van der Waals surface area (Å²) in [6.07, 6.45) is 4.45. The van der Waals surface area contributed by atoms with Crippen molar-refractivity contribution in [3.63, 3.8) is 0 Å². The number of rotatable bonds is 4. The highest BCUT2D eigenvalue weighted by Crippen LogP contribution is 2.53. The fourth-order valence-electron chi connectivity index (χ4n) is 8.09. The van der Waals surface area contributed by atoms with Gasteiger partial charge in [0.1, 0.15) is 11.3 Å². The molecule has 0 N–H and O–H groups in total. The number of furan rings is 1. The zero-order valence-corrected chi connectivity index (χ0v) is 28.1. The number of benzene rings is 6. The van der Waals surface area contributed by atoms with Gasteiger partial charge in [0.15, 0.2) is 17.5 Å². The normalized spacial score (nSPS) is 16.1. The molecule has 11 rings (SSSR count). The standard InChI is InChI=1S/C45H28N4OS/c1-3-12-27(13-4-1)43-46-44(48-45(47-43)33-18-11-21-39-40(33)32-17-8-10-20-38(32)51-39)28-22-23-31-37(26-28)50-36-25-24-35-41(42(31)36)30-16-7-9-19-34(30)49(35)29-14-5-2-6-15-29/h1-26,35,41H. The van der Waals surface area contributed by atoms with E-state index in [4.69, 9.17) is 19.4 Å². The van der Waals surface area contributed by atoms with Crippen LogP contribution in [0, 0.1) is 0 Å². The third-order valence-electron chi connectivity index (χ3n) is 10.3. The van der Waals surface area contributed by atoms with Crippen molar-refractivity contribution in [1.29, 1.82) is 0 Å². The van der Waals surface area contributed by atoms with Crippen LogP contribution in [0.5, 0.6) is 0 Å². The Morgan fingerprint density at radius 1 is 0.588 bits per heavy atom. The maximum Gasteiger partial charge on any atom is 0.164 e. The number of para-hydroxylation sites is 2. The van der Waals surface area contributed by atoms with E-state index in [1.165, 1.54) is 42.7 Å². The number of aromatic nitrogens is 3. The van der Waals surface area contributed by atoms with E-state index in [0.29, 0.717) is 17.5 Å². The van der Waals surface area contributed by atoms with E-state index in [0.717, 1.165) is 33.4 Å². The molecule has 4 heterocycles. The molecule has 2 atom stereocenters. The minimum Gasteiger partial charge on any atom is -0.456 e. The van der Waals surface area contributed by atoms with Crippen LogP contribution in [0.3, 0.4) is 0 Å². The maximum absolute atomic E-state index is 6.67. The number of hydrogen-bond acceptors (Lipinski definition) is 6. The lowest BCUT2D eigenvalue weighted by atomic mass is 9.82. The summed E-state index contributed by atoms with van der Waals surface area (Å²) in [5.74, 6) is 2.95. The van der Waals surface area contributed by atoms with Crippen LogP contribution in [-0.4, -0.2) is 21.0 Å². The summed E-state index contributed by atoms with van der Waals surface area (Å²) in [6.45, 7) is 0. The minimum absolute atomic E-state index is 0.142. The van der Waals surface area contributed by atoms with Gasteiger partial charge in [-0.1, -0.05) is 115 Å². The van der Waals surface area contributed by atoms with Crippen LogP contribution in [0.15, 0.2) is 156 Å². The Morgan fingerprint density at radius 2 is 1.31 bits per heavy atom. The number of nitrogens with zero attached hydrogens (tertiary/aromatic N) is 4. The Morgan fingerprint density at radius 3 is 2.20 bits per heavy atom. The molecule has 0 radical (unpaired) electrons. The van der Waals surface area contributed by atoms with E-state index < -0.39 is 0 Å². The summed E-state index contributed by atoms with van der Waals surface area (Å²) in [7, 11) is 0. The van der Waals surface area contributed by atoms with Crippen LogP contribution in [-0.2, 0) is 0 Å². The number of thiophene rings is 1. The number of hydrogen-bond donors (Lipinski definition) is 0. The highest BCUT2D eigenvalue weighted by molar-refractivity contribution is 7.25. The molecule has 240 valence electrons. The summed E-state index contributed by atoms with van der Waals surface area (Å²) in [5.41, 5.74) is 8.62. The van der Waals surface area contributed by atoms with Crippen molar-refractivity contribution in [2.24, 2.45) is 0 Å². The largest absolute Gasteiger partial charge is 0.456 e. The Bertz CT molecular complexity index is 2840. The van der Waals surface area contributed by atoms with Crippen molar-refractivity contribution in [1.82, 2.24) is 15.0 Å². The molecule has 3 aromatic heterocycles. The second-order valence-electron chi connectivity index (χ2n) is 13.1. The molecular weight excluding hydrogens is 645 g/mol. The smallest absolute Gasteiger partial charge is 0.164 e. The van der Waals surface area contributed by atoms with Crippen LogP contribution < -0.4 is 4.90 Å². The predicted octanol–water partition coefficient (Wildman–Crippen LogP) is 11.7. The monoisotopic (exact) mass is 672 g/mol. The second-order valence-corrected chi connectivity index (χ2v) is 14.2. The van der Waals surface area contributed by atoms with Gasteiger partial charge in [-0.3, -0.25) is 0 Å². The Kier molecular flexibility index (Phi) is 6.18. The molecule has 0 spiro atoms. The van der Waals surface area contributed by atoms with E-state index in [1.54, 1.807) is 11.3 Å². The van der Waals surface area contributed by atoms with Crippen molar-refractivity contribution >= 4 is 59.9 Å². The fourth-order valence-corrected chi connectivity index (χ4v) is 9.23. The highest BCUT2D eigenvalue weighted by Gasteiger charge is 2.43. The van der Waals surface area contributed by atoms with Gasteiger partial charge in [0.05, 0.1) is 6.04 Å². The third kappa shape index (κ3) is 4.36. The summed E-state index contributed by atoms with van der Waals surface area (Å²) in [6, 6.07) is 51.1. The third-order valence-corrected chi connectivity index (χ3v) is 11.4. The SMILES string of the molecule is C1=CC2C(c3ccccc3N2c2ccccc2)c2c1oc1cc(-c3nc(-c4ccccc4)nc(-c4cccc5sc6ccccc6c45)n3)ccc21. The molecule has 0 fully saturated rings. The molecule has 2 unspecified atom stereocenters. The average molecular weight is 673 g/mol. The van der Waals surface area contributed by atoms with Gasteiger partial charge in [0.2, 0.25) is 0 Å². The lowest BCUT2D eigenvalue weighted by Crippen LogP contribution is -2.30. The molecule has 0 saturated heterocycles.